The minimum absolute atomic E-state index is 0.147. The van der Waals surface area contributed by atoms with E-state index in [0.29, 0.717) is 24.0 Å². The first-order valence-electron chi connectivity index (χ1n) is 9.56. The summed E-state index contributed by atoms with van der Waals surface area (Å²) in [7, 11) is 0. The van der Waals surface area contributed by atoms with E-state index in [1.54, 1.807) is 18.2 Å². The van der Waals surface area contributed by atoms with Crippen molar-refractivity contribution in [3.05, 3.63) is 78.0 Å². The third kappa shape index (κ3) is 4.66. The number of halogens is 3. The topological polar surface area (TPSA) is 64.5 Å². The third-order valence-corrected chi connectivity index (χ3v) is 4.82. The highest BCUT2D eigenvalue weighted by atomic mass is 19.1. The van der Waals surface area contributed by atoms with E-state index in [0.717, 1.165) is 12.1 Å². The quantitative estimate of drug-likeness (QED) is 0.621. The van der Waals surface area contributed by atoms with Gasteiger partial charge in [0.25, 0.3) is 5.91 Å². The highest BCUT2D eigenvalue weighted by molar-refractivity contribution is 5.78. The van der Waals surface area contributed by atoms with Crippen LogP contribution >= 0.6 is 0 Å². The second-order valence-electron chi connectivity index (χ2n) is 6.83. The Kier molecular flexibility index (Phi) is 6.13. The van der Waals surface area contributed by atoms with E-state index in [9.17, 15) is 18.0 Å². The molecule has 1 saturated heterocycles. The lowest BCUT2D eigenvalue weighted by Crippen LogP contribution is -2.44. The lowest BCUT2D eigenvalue weighted by Gasteiger charge is -2.33. The molecule has 0 spiro atoms. The molecule has 3 aromatic rings. The van der Waals surface area contributed by atoms with Gasteiger partial charge in [-0.15, -0.1) is 0 Å². The largest absolute Gasteiger partial charge is 0.481 e. The van der Waals surface area contributed by atoms with Crippen LogP contribution < -0.4 is 4.74 Å². The van der Waals surface area contributed by atoms with Gasteiger partial charge in [-0.1, -0.05) is 12.1 Å². The van der Waals surface area contributed by atoms with Crippen LogP contribution in [-0.2, 0) is 9.53 Å². The van der Waals surface area contributed by atoms with Gasteiger partial charge in [-0.3, -0.25) is 14.8 Å². The standard InChI is InChI=1S/C22H18F3N3O3/c23-14-5-6-18(17(25)11-14)31-13-20(29)28-9-10-30-19(12-28)22-21(26-7-8-27-22)15-3-1-2-4-16(15)24/h1-8,11,19H,9-10,12-13H2/t19-/m0/s1. The maximum atomic E-state index is 14.3. The Morgan fingerprint density at radius 3 is 2.71 bits per heavy atom. The minimum Gasteiger partial charge on any atom is -0.481 e. The van der Waals surface area contributed by atoms with Gasteiger partial charge in [0.15, 0.2) is 18.2 Å². The highest BCUT2D eigenvalue weighted by Crippen LogP contribution is 2.30. The summed E-state index contributed by atoms with van der Waals surface area (Å²) >= 11 is 0. The van der Waals surface area contributed by atoms with E-state index in [-0.39, 0.29) is 24.5 Å². The van der Waals surface area contributed by atoms with Gasteiger partial charge in [0, 0.05) is 30.6 Å². The van der Waals surface area contributed by atoms with Gasteiger partial charge < -0.3 is 14.4 Å². The molecular weight excluding hydrogens is 411 g/mol. The Bertz CT molecular complexity index is 1100. The molecule has 1 aliphatic rings. The number of carbonyl (C=O) groups excluding carboxylic acids is 1. The van der Waals surface area contributed by atoms with E-state index in [1.807, 2.05) is 0 Å². The average Bonchev–Trinajstić information content (AvgIpc) is 2.79. The number of ether oxygens (including phenoxy) is 2. The number of hydrogen-bond donors (Lipinski definition) is 0. The fraction of sp³-hybridized carbons (Fsp3) is 0.227. The number of rotatable bonds is 5. The maximum Gasteiger partial charge on any atom is 0.260 e. The van der Waals surface area contributed by atoms with Gasteiger partial charge in [0.1, 0.15) is 17.7 Å². The fourth-order valence-electron chi connectivity index (χ4n) is 3.31. The number of amides is 1. The van der Waals surface area contributed by atoms with Gasteiger partial charge in [-0.25, -0.2) is 13.2 Å². The molecule has 160 valence electrons. The van der Waals surface area contributed by atoms with E-state index in [4.69, 9.17) is 9.47 Å². The number of carbonyl (C=O) groups is 1. The molecule has 4 rings (SSSR count). The van der Waals surface area contributed by atoms with E-state index in [1.165, 1.54) is 23.4 Å². The molecule has 0 unspecified atom stereocenters. The molecule has 2 aromatic carbocycles. The smallest absolute Gasteiger partial charge is 0.260 e. The van der Waals surface area contributed by atoms with Gasteiger partial charge in [-0.05, 0) is 24.3 Å². The van der Waals surface area contributed by atoms with Crippen LogP contribution in [0.15, 0.2) is 54.9 Å². The van der Waals surface area contributed by atoms with Crippen molar-refractivity contribution >= 4 is 5.91 Å². The van der Waals surface area contributed by atoms with Gasteiger partial charge in [-0.2, -0.15) is 0 Å². The first-order chi connectivity index (χ1) is 15.0. The lowest BCUT2D eigenvalue weighted by molar-refractivity contribution is -0.141. The zero-order valence-corrected chi connectivity index (χ0v) is 16.3. The van der Waals surface area contributed by atoms with Crippen molar-refractivity contribution in [2.24, 2.45) is 0 Å². The summed E-state index contributed by atoms with van der Waals surface area (Å²) in [6.07, 6.45) is 2.32. The summed E-state index contributed by atoms with van der Waals surface area (Å²) in [5, 5.41) is 0. The molecule has 9 heteroatoms. The molecule has 1 fully saturated rings. The molecule has 0 N–H and O–H groups in total. The summed E-state index contributed by atoms with van der Waals surface area (Å²) in [6, 6.07) is 9.06. The molecule has 1 aromatic heterocycles. The summed E-state index contributed by atoms with van der Waals surface area (Å²) < 4.78 is 52.0. The van der Waals surface area contributed by atoms with Crippen LogP contribution in [-0.4, -0.2) is 47.1 Å². The number of nitrogens with zero attached hydrogens (tertiary/aromatic N) is 3. The molecule has 0 bridgehead atoms. The van der Waals surface area contributed by atoms with Crippen molar-refractivity contribution in [1.29, 1.82) is 0 Å². The van der Waals surface area contributed by atoms with Crippen LogP contribution in [0.4, 0.5) is 13.2 Å². The SMILES string of the molecule is O=C(COc1ccc(F)cc1F)N1CCO[C@H](c2nccnc2-c2ccccc2F)C1. The molecule has 31 heavy (non-hydrogen) atoms. The van der Waals surface area contributed by atoms with Crippen molar-refractivity contribution in [3.8, 4) is 17.0 Å². The Morgan fingerprint density at radius 1 is 1.10 bits per heavy atom. The van der Waals surface area contributed by atoms with Gasteiger partial charge in [0.2, 0.25) is 0 Å². The monoisotopic (exact) mass is 429 g/mol. The highest BCUT2D eigenvalue weighted by Gasteiger charge is 2.29. The summed E-state index contributed by atoms with van der Waals surface area (Å²) in [6.45, 7) is 0.263. The summed E-state index contributed by atoms with van der Waals surface area (Å²) in [5.41, 5.74) is 1.04. The van der Waals surface area contributed by atoms with Crippen LogP contribution in [0.1, 0.15) is 11.8 Å². The van der Waals surface area contributed by atoms with Crippen LogP contribution in [0.2, 0.25) is 0 Å². The number of aromatic nitrogens is 2. The molecule has 1 aliphatic heterocycles. The van der Waals surface area contributed by atoms with Crippen LogP contribution in [0, 0.1) is 17.5 Å². The second-order valence-corrected chi connectivity index (χ2v) is 6.83. The van der Waals surface area contributed by atoms with E-state index in [2.05, 4.69) is 9.97 Å². The van der Waals surface area contributed by atoms with Crippen molar-refractivity contribution in [3.63, 3.8) is 0 Å². The zero-order valence-electron chi connectivity index (χ0n) is 16.3. The van der Waals surface area contributed by atoms with Crippen molar-refractivity contribution < 1.29 is 27.4 Å². The number of hydrogen-bond acceptors (Lipinski definition) is 5. The van der Waals surface area contributed by atoms with Crippen LogP contribution in [0.5, 0.6) is 5.75 Å². The van der Waals surface area contributed by atoms with Crippen molar-refractivity contribution in [2.75, 3.05) is 26.3 Å². The molecule has 2 heterocycles. The van der Waals surface area contributed by atoms with Crippen molar-refractivity contribution in [1.82, 2.24) is 14.9 Å². The second kappa shape index (κ2) is 9.13. The van der Waals surface area contributed by atoms with Gasteiger partial charge >= 0.3 is 0 Å². The molecule has 0 saturated carbocycles. The molecule has 1 amide bonds. The van der Waals surface area contributed by atoms with Crippen LogP contribution in [0.3, 0.4) is 0 Å². The lowest BCUT2D eigenvalue weighted by atomic mass is 10.0. The summed E-state index contributed by atoms with van der Waals surface area (Å²) in [4.78, 5) is 22.7. The molecule has 6 nitrogen and oxygen atoms in total. The van der Waals surface area contributed by atoms with Crippen LogP contribution in [0.25, 0.3) is 11.3 Å². The predicted octanol–water partition coefficient (Wildman–Crippen LogP) is 3.54. The summed E-state index contributed by atoms with van der Waals surface area (Å²) in [5.74, 6) is -2.67. The predicted molar refractivity (Wildman–Crippen MR) is 105 cm³/mol. The van der Waals surface area contributed by atoms with E-state index < -0.39 is 36.1 Å². The first-order valence-corrected chi connectivity index (χ1v) is 9.56. The number of benzene rings is 2. The van der Waals surface area contributed by atoms with Gasteiger partial charge in [0.05, 0.1) is 24.5 Å². The number of morpholine rings is 1. The van der Waals surface area contributed by atoms with E-state index >= 15 is 0 Å². The molecule has 0 radical (unpaired) electrons. The third-order valence-electron chi connectivity index (χ3n) is 4.82. The molecule has 0 aliphatic carbocycles. The van der Waals surface area contributed by atoms with Crippen molar-refractivity contribution in [2.45, 2.75) is 6.10 Å². The zero-order chi connectivity index (χ0) is 21.8. The Hall–Kier alpha value is -3.46. The normalized spacial score (nSPS) is 16.2. The fourth-order valence-corrected chi connectivity index (χ4v) is 3.31. The Balaban J connectivity index is 1.48. The first kappa shape index (κ1) is 20.8. The average molecular weight is 429 g/mol. The maximum absolute atomic E-state index is 14.3. The Labute approximate surface area is 176 Å². The molecular formula is C22H18F3N3O3. The molecule has 1 atom stereocenters. The minimum atomic E-state index is -0.887. The Morgan fingerprint density at radius 2 is 1.90 bits per heavy atom.